The topological polar surface area (TPSA) is 110 Å². The first-order valence-corrected chi connectivity index (χ1v) is 9.78. The van der Waals surface area contributed by atoms with E-state index in [0.29, 0.717) is 11.6 Å². The number of nitrogens with zero attached hydrogens (tertiary/aromatic N) is 3. The summed E-state index contributed by atoms with van der Waals surface area (Å²) in [5.41, 5.74) is 1.40. The van der Waals surface area contributed by atoms with E-state index in [0.717, 1.165) is 10.5 Å². The summed E-state index contributed by atoms with van der Waals surface area (Å²) in [5, 5.41) is 0. The summed E-state index contributed by atoms with van der Waals surface area (Å²) >= 11 is 0. The summed E-state index contributed by atoms with van der Waals surface area (Å²) in [4.78, 5) is 28.4. The van der Waals surface area contributed by atoms with Gasteiger partial charge in [0.15, 0.2) is 12.5 Å². The Bertz CT molecular complexity index is 976. The van der Waals surface area contributed by atoms with Crippen LogP contribution in [0.5, 0.6) is 0 Å². The van der Waals surface area contributed by atoms with Gasteiger partial charge in [-0.3, -0.25) is 4.79 Å². The average molecular weight is 391 g/mol. The SMILES string of the molecule is Cc1nc(-c2ccc(S(=O)(=O)N3CC(CN4C(=O)COC4=O)C3)cc2)co1. The Labute approximate surface area is 155 Å². The van der Waals surface area contributed by atoms with Crippen LogP contribution in [0.4, 0.5) is 4.79 Å². The highest BCUT2D eigenvalue weighted by Crippen LogP contribution is 2.28. The lowest BCUT2D eigenvalue weighted by Crippen LogP contribution is -2.54. The lowest BCUT2D eigenvalue weighted by molar-refractivity contribution is -0.126. The van der Waals surface area contributed by atoms with Gasteiger partial charge in [0.25, 0.3) is 5.91 Å². The van der Waals surface area contributed by atoms with Gasteiger partial charge < -0.3 is 9.15 Å². The van der Waals surface area contributed by atoms with Gasteiger partial charge in [-0.05, 0) is 12.1 Å². The summed E-state index contributed by atoms with van der Waals surface area (Å²) in [6, 6.07) is 6.42. The average Bonchev–Trinajstić information content (AvgIpc) is 3.17. The molecule has 2 fully saturated rings. The summed E-state index contributed by atoms with van der Waals surface area (Å²) in [7, 11) is -3.62. The summed E-state index contributed by atoms with van der Waals surface area (Å²) in [5.74, 6) is 0.0560. The van der Waals surface area contributed by atoms with Crippen molar-refractivity contribution in [2.24, 2.45) is 5.92 Å². The molecule has 0 radical (unpaired) electrons. The van der Waals surface area contributed by atoms with E-state index in [2.05, 4.69) is 9.72 Å². The van der Waals surface area contributed by atoms with Crippen LogP contribution >= 0.6 is 0 Å². The number of amides is 2. The molecule has 3 heterocycles. The molecule has 2 aromatic rings. The predicted octanol–water partition coefficient (Wildman–Crippen LogP) is 1.25. The number of hydrogen-bond acceptors (Lipinski definition) is 7. The molecule has 9 nitrogen and oxygen atoms in total. The van der Waals surface area contributed by atoms with Gasteiger partial charge in [0.05, 0.1) is 4.90 Å². The van der Waals surface area contributed by atoms with Gasteiger partial charge in [-0.2, -0.15) is 4.31 Å². The Morgan fingerprint density at radius 2 is 1.89 bits per heavy atom. The first-order chi connectivity index (χ1) is 12.8. The van der Waals surface area contributed by atoms with E-state index >= 15 is 0 Å². The number of carbonyl (C=O) groups excluding carboxylic acids is 2. The monoisotopic (exact) mass is 391 g/mol. The lowest BCUT2D eigenvalue weighted by Gasteiger charge is -2.39. The van der Waals surface area contributed by atoms with E-state index in [9.17, 15) is 18.0 Å². The number of carbonyl (C=O) groups is 2. The number of ether oxygens (including phenoxy) is 1. The first kappa shape index (κ1) is 17.7. The van der Waals surface area contributed by atoms with Gasteiger partial charge in [0, 0.05) is 38.0 Å². The minimum atomic E-state index is -3.62. The zero-order valence-corrected chi connectivity index (χ0v) is 15.3. The molecular weight excluding hydrogens is 374 g/mol. The van der Waals surface area contributed by atoms with Crippen molar-refractivity contribution < 1.29 is 27.2 Å². The number of rotatable bonds is 5. The van der Waals surface area contributed by atoms with Gasteiger partial charge in [-0.25, -0.2) is 23.1 Å². The normalized spacial score (nSPS) is 18.6. The van der Waals surface area contributed by atoms with Gasteiger partial charge in [-0.1, -0.05) is 12.1 Å². The molecular formula is C17H17N3O6S. The summed E-state index contributed by atoms with van der Waals surface area (Å²) in [6.07, 6.45) is 0.851. The van der Waals surface area contributed by atoms with Crippen LogP contribution in [0.2, 0.25) is 0 Å². The molecule has 1 aromatic carbocycles. The Kier molecular flexibility index (Phi) is 4.23. The zero-order valence-electron chi connectivity index (χ0n) is 14.5. The second-order valence-electron chi connectivity index (χ2n) is 6.52. The molecule has 27 heavy (non-hydrogen) atoms. The van der Waals surface area contributed by atoms with Gasteiger partial charge in [0.1, 0.15) is 12.0 Å². The lowest BCUT2D eigenvalue weighted by atomic mass is 10.0. The maximum absolute atomic E-state index is 12.7. The molecule has 1 aromatic heterocycles. The number of aryl methyl sites for hydroxylation is 1. The molecule has 0 aliphatic carbocycles. The van der Waals surface area contributed by atoms with Crippen LogP contribution in [0.3, 0.4) is 0 Å². The molecule has 2 saturated heterocycles. The summed E-state index contributed by atoms with van der Waals surface area (Å²) < 4.78 is 36.5. The third-order valence-corrected chi connectivity index (χ3v) is 6.46. The number of cyclic esters (lactones) is 1. The van der Waals surface area contributed by atoms with Crippen LogP contribution in [-0.2, 0) is 19.6 Å². The fourth-order valence-electron chi connectivity index (χ4n) is 3.09. The molecule has 0 bridgehead atoms. The van der Waals surface area contributed by atoms with E-state index in [1.807, 2.05) is 0 Å². The molecule has 0 atom stereocenters. The largest absolute Gasteiger partial charge is 0.449 e. The van der Waals surface area contributed by atoms with Crippen LogP contribution in [0.1, 0.15) is 5.89 Å². The minimum Gasteiger partial charge on any atom is -0.449 e. The molecule has 0 saturated carbocycles. The van der Waals surface area contributed by atoms with E-state index in [1.165, 1.54) is 22.7 Å². The Hall–Kier alpha value is -2.72. The zero-order chi connectivity index (χ0) is 19.2. The second-order valence-corrected chi connectivity index (χ2v) is 8.46. The standard InChI is InChI=1S/C17H17N3O6S/c1-11-18-15(9-25-11)13-2-4-14(5-3-13)27(23,24)19-6-12(7-19)8-20-16(21)10-26-17(20)22/h2-5,9,12H,6-8,10H2,1H3. The molecule has 2 aliphatic heterocycles. The third kappa shape index (κ3) is 3.21. The minimum absolute atomic E-state index is 0.0910. The van der Waals surface area contributed by atoms with Crippen molar-refractivity contribution in [1.82, 2.24) is 14.2 Å². The van der Waals surface area contributed by atoms with Crippen molar-refractivity contribution in [3.05, 3.63) is 36.4 Å². The predicted molar refractivity (Wildman–Crippen MR) is 92.0 cm³/mol. The van der Waals surface area contributed by atoms with Crippen LogP contribution < -0.4 is 0 Å². The van der Waals surface area contributed by atoms with E-state index in [-0.39, 0.29) is 43.0 Å². The molecule has 4 rings (SSSR count). The van der Waals surface area contributed by atoms with E-state index in [1.54, 1.807) is 19.1 Å². The van der Waals surface area contributed by atoms with Gasteiger partial charge in [0.2, 0.25) is 10.0 Å². The Balaban J connectivity index is 1.41. The Morgan fingerprint density at radius 3 is 2.44 bits per heavy atom. The second kappa shape index (κ2) is 6.46. The van der Waals surface area contributed by atoms with Crippen LogP contribution in [0, 0.1) is 12.8 Å². The van der Waals surface area contributed by atoms with Gasteiger partial charge in [-0.15, -0.1) is 0 Å². The molecule has 2 amide bonds. The third-order valence-electron chi connectivity index (χ3n) is 4.61. The first-order valence-electron chi connectivity index (χ1n) is 8.34. The van der Waals surface area contributed by atoms with Crippen molar-refractivity contribution in [1.29, 1.82) is 0 Å². The fraction of sp³-hybridized carbons (Fsp3) is 0.353. The smallest absolute Gasteiger partial charge is 0.417 e. The molecule has 0 N–H and O–H groups in total. The fourth-order valence-corrected chi connectivity index (χ4v) is 4.68. The molecule has 142 valence electrons. The quantitative estimate of drug-likeness (QED) is 0.754. The highest BCUT2D eigenvalue weighted by molar-refractivity contribution is 7.89. The molecule has 0 spiro atoms. The summed E-state index contributed by atoms with van der Waals surface area (Å²) in [6.45, 7) is 2.17. The van der Waals surface area contributed by atoms with Crippen molar-refractivity contribution in [2.75, 3.05) is 26.2 Å². The highest BCUT2D eigenvalue weighted by Gasteiger charge is 2.41. The number of benzene rings is 1. The number of hydrogen-bond donors (Lipinski definition) is 0. The molecule has 2 aliphatic rings. The van der Waals surface area contributed by atoms with Gasteiger partial charge >= 0.3 is 6.09 Å². The van der Waals surface area contributed by atoms with Crippen LogP contribution in [0.15, 0.2) is 39.8 Å². The maximum Gasteiger partial charge on any atom is 0.417 e. The Morgan fingerprint density at radius 1 is 1.19 bits per heavy atom. The van der Waals surface area contributed by atoms with Crippen molar-refractivity contribution >= 4 is 22.0 Å². The van der Waals surface area contributed by atoms with E-state index in [4.69, 9.17) is 4.42 Å². The van der Waals surface area contributed by atoms with Crippen molar-refractivity contribution in [3.8, 4) is 11.3 Å². The van der Waals surface area contributed by atoms with Crippen LogP contribution in [-0.4, -0.2) is 60.8 Å². The highest BCUT2D eigenvalue weighted by atomic mass is 32.2. The number of imide groups is 1. The number of aromatic nitrogens is 1. The maximum atomic E-state index is 12.7. The van der Waals surface area contributed by atoms with Crippen molar-refractivity contribution in [3.63, 3.8) is 0 Å². The molecule has 10 heteroatoms. The van der Waals surface area contributed by atoms with E-state index < -0.39 is 16.1 Å². The van der Waals surface area contributed by atoms with Crippen LogP contribution in [0.25, 0.3) is 11.3 Å². The van der Waals surface area contributed by atoms with Crippen molar-refractivity contribution in [2.45, 2.75) is 11.8 Å². The number of oxazole rings is 1. The molecule has 0 unspecified atom stereocenters. The number of sulfonamides is 1.